The van der Waals surface area contributed by atoms with E-state index in [9.17, 15) is 9.59 Å². The normalized spacial score (nSPS) is 9.60. The van der Waals surface area contributed by atoms with Gasteiger partial charge in [0.1, 0.15) is 0 Å². The van der Waals surface area contributed by atoms with E-state index >= 15 is 0 Å². The van der Waals surface area contributed by atoms with Crippen molar-refractivity contribution < 1.29 is 10.2 Å². The molecule has 0 aliphatic carbocycles. The van der Waals surface area contributed by atoms with Crippen LogP contribution in [0.15, 0.2) is 9.59 Å². The fourth-order valence-electron chi connectivity index (χ4n) is 0.447. The van der Waals surface area contributed by atoms with E-state index in [1.807, 2.05) is 0 Å². The molecule has 0 unspecified atom stereocenters. The first-order valence-corrected chi connectivity index (χ1v) is 2.36. The van der Waals surface area contributed by atoms with Crippen molar-refractivity contribution in [3.05, 3.63) is 20.7 Å². The minimum Gasteiger partial charge on any atom is -0.500 e. The summed E-state index contributed by atoms with van der Waals surface area (Å²) in [5.74, 6) is -1.94. The molecule has 6 heteroatoms. The van der Waals surface area contributed by atoms with E-state index in [2.05, 4.69) is 0 Å². The van der Waals surface area contributed by atoms with E-state index in [1.54, 1.807) is 10.2 Å². The van der Waals surface area contributed by atoms with E-state index in [1.165, 1.54) is 0 Å². The molecule has 1 rings (SSSR count). The Bertz CT molecular complexity index is 314. The van der Waals surface area contributed by atoms with Crippen LogP contribution >= 0.6 is 0 Å². The molecule has 0 radical (unpaired) electrons. The van der Waals surface area contributed by atoms with Crippen molar-refractivity contribution in [3.8, 4) is 11.5 Å². The zero-order chi connectivity index (χ0) is 7.72. The van der Waals surface area contributed by atoms with Gasteiger partial charge in [0, 0.05) is 0 Å². The van der Waals surface area contributed by atoms with E-state index in [0.29, 0.717) is 0 Å². The van der Waals surface area contributed by atoms with Gasteiger partial charge in [-0.15, -0.1) is 0 Å². The van der Waals surface area contributed by atoms with Crippen molar-refractivity contribution in [2.24, 2.45) is 0 Å². The minimum absolute atomic E-state index is 0.933. The quantitative estimate of drug-likeness (QED) is 0.354. The first-order valence-electron chi connectivity index (χ1n) is 2.36. The van der Waals surface area contributed by atoms with Crippen LogP contribution in [-0.2, 0) is 0 Å². The van der Waals surface area contributed by atoms with Gasteiger partial charge in [0.05, 0.1) is 0 Å². The zero-order valence-electron chi connectivity index (χ0n) is 4.71. The van der Waals surface area contributed by atoms with Crippen LogP contribution in [0.25, 0.3) is 0 Å². The van der Waals surface area contributed by atoms with Gasteiger partial charge in [-0.2, -0.15) is 0 Å². The van der Waals surface area contributed by atoms with Gasteiger partial charge in [0.25, 0.3) is 0 Å². The molecule has 0 aromatic carbocycles. The van der Waals surface area contributed by atoms with Gasteiger partial charge in [-0.3, -0.25) is 19.8 Å². The maximum Gasteiger partial charge on any atom is 0.308 e. The lowest BCUT2D eigenvalue weighted by atomic mass is 10.5. The van der Waals surface area contributed by atoms with Gasteiger partial charge in [-0.25, -0.2) is 0 Å². The van der Waals surface area contributed by atoms with Gasteiger partial charge in [0.15, 0.2) is 0 Å². The van der Waals surface area contributed by atoms with Crippen molar-refractivity contribution in [1.82, 2.24) is 10.2 Å². The van der Waals surface area contributed by atoms with Crippen molar-refractivity contribution in [3.63, 3.8) is 0 Å². The summed E-state index contributed by atoms with van der Waals surface area (Å²) >= 11 is 0. The van der Waals surface area contributed by atoms with Crippen LogP contribution in [-0.4, -0.2) is 20.4 Å². The summed E-state index contributed by atoms with van der Waals surface area (Å²) in [7, 11) is 0. The average molecular weight is 144 g/mol. The molecule has 0 spiro atoms. The summed E-state index contributed by atoms with van der Waals surface area (Å²) in [5, 5.41) is 20.8. The van der Waals surface area contributed by atoms with E-state index in [-0.39, 0.29) is 0 Å². The minimum atomic E-state index is -0.969. The third kappa shape index (κ3) is 0.750. The molecular formula is C4H4N2O4. The summed E-state index contributed by atoms with van der Waals surface area (Å²) in [6.07, 6.45) is 0. The average Bonchev–Trinajstić information content (AvgIpc) is 1.93. The lowest BCUT2D eigenvalue weighted by Crippen LogP contribution is -2.17. The summed E-state index contributed by atoms with van der Waals surface area (Å²) in [4.78, 5) is 20.7. The predicted octanol–water partition coefficient (Wildman–Crippen LogP) is -1.53. The largest absolute Gasteiger partial charge is 0.500 e. The Hall–Kier alpha value is -1.72. The Morgan fingerprint density at radius 3 is 1.50 bits per heavy atom. The van der Waals surface area contributed by atoms with Gasteiger partial charge in [-0.1, -0.05) is 0 Å². The van der Waals surface area contributed by atoms with Crippen LogP contribution < -0.4 is 11.1 Å². The lowest BCUT2D eigenvalue weighted by Gasteiger charge is -1.90. The van der Waals surface area contributed by atoms with Gasteiger partial charge in [0.2, 0.25) is 11.5 Å². The summed E-state index contributed by atoms with van der Waals surface area (Å²) in [6, 6.07) is 0. The molecule has 0 atom stereocenters. The highest BCUT2D eigenvalue weighted by Crippen LogP contribution is 2.09. The number of aromatic hydroxyl groups is 2. The Kier molecular flexibility index (Phi) is 1.22. The van der Waals surface area contributed by atoms with Crippen molar-refractivity contribution in [2.75, 3.05) is 0 Å². The number of nitrogens with one attached hydrogen (secondary N) is 2. The molecule has 6 nitrogen and oxygen atoms in total. The van der Waals surface area contributed by atoms with Crippen LogP contribution in [0.3, 0.4) is 0 Å². The number of rotatable bonds is 0. The second-order valence-electron chi connectivity index (χ2n) is 1.61. The van der Waals surface area contributed by atoms with E-state index in [0.717, 1.165) is 0 Å². The highest BCUT2D eigenvalue weighted by atomic mass is 16.3. The van der Waals surface area contributed by atoms with Crippen molar-refractivity contribution in [2.45, 2.75) is 0 Å². The van der Waals surface area contributed by atoms with Gasteiger partial charge < -0.3 is 10.2 Å². The Morgan fingerprint density at radius 1 is 0.900 bits per heavy atom. The molecular weight excluding hydrogens is 140 g/mol. The van der Waals surface area contributed by atoms with E-state index < -0.39 is 22.6 Å². The van der Waals surface area contributed by atoms with Crippen LogP contribution in [0.5, 0.6) is 11.5 Å². The molecule has 4 N–H and O–H groups in total. The van der Waals surface area contributed by atoms with Crippen molar-refractivity contribution >= 4 is 0 Å². The molecule has 0 aliphatic rings. The highest BCUT2D eigenvalue weighted by molar-refractivity contribution is 5.30. The van der Waals surface area contributed by atoms with E-state index in [4.69, 9.17) is 10.2 Å². The van der Waals surface area contributed by atoms with Crippen LogP contribution in [0, 0.1) is 0 Å². The number of hydrogen-bond acceptors (Lipinski definition) is 4. The summed E-state index contributed by atoms with van der Waals surface area (Å²) < 4.78 is 0. The Balaban J connectivity index is 3.65. The fourth-order valence-corrected chi connectivity index (χ4v) is 0.447. The molecule has 10 heavy (non-hydrogen) atoms. The van der Waals surface area contributed by atoms with Crippen molar-refractivity contribution in [1.29, 1.82) is 0 Å². The number of H-pyrrole nitrogens is 2. The standard InChI is InChI=1S/C4H4N2O4/c7-1-2(8)4(10)6-5-3(1)9/h(H2,6,7,10)(H2,5,8,9). The smallest absolute Gasteiger partial charge is 0.308 e. The Morgan fingerprint density at radius 2 is 1.20 bits per heavy atom. The number of hydrogen-bond donors (Lipinski definition) is 4. The molecule has 0 saturated carbocycles. The predicted molar refractivity (Wildman–Crippen MR) is 31.0 cm³/mol. The third-order valence-electron chi connectivity index (χ3n) is 0.944. The zero-order valence-corrected chi connectivity index (χ0v) is 4.71. The van der Waals surface area contributed by atoms with Crippen LogP contribution in [0.4, 0.5) is 0 Å². The summed E-state index contributed by atoms with van der Waals surface area (Å²) in [6.45, 7) is 0. The van der Waals surface area contributed by atoms with Gasteiger partial charge in [-0.05, 0) is 0 Å². The molecule has 0 amide bonds. The number of aromatic amines is 2. The first-order chi connectivity index (χ1) is 4.63. The summed E-state index contributed by atoms with van der Waals surface area (Å²) in [5.41, 5.74) is -1.87. The fraction of sp³-hybridized carbons (Fsp3) is 0. The second kappa shape index (κ2) is 1.90. The monoisotopic (exact) mass is 144 g/mol. The molecule has 0 saturated heterocycles. The molecule has 1 aromatic heterocycles. The third-order valence-corrected chi connectivity index (χ3v) is 0.944. The Labute approximate surface area is 53.8 Å². The lowest BCUT2D eigenvalue weighted by molar-refractivity contribution is 0.388. The topological polar surface area (TPSA) is 106 Å². The van der Waals surface area contributed by atoms with Crippen LogP contribution in [0.1, 0.15) is 0 Å². The molecule has 54 valence electrons. The number of aromatic nitrogens is 2. The molecule has 0 bridgehead atoms. The van der Waals surface area contributed by atoms with Gasteiger partial charge >= 0.3 is 11.1 Å². The molecule has 1 heterocycles. The second-order valence-corrected chi connectivity index (χ2v) is 1.61. The molecule has 0 aliphatic heterocycles. The molecule has 1 aromatic rings. The first kappa shape index (κ1) is 6.40. The SMILES string of the molecule is O=c1[nH][nH]c(=O)c(O)c1O. The molecule has 0 fully saturated rings. The maximum absolute atomic E-state index is 10.4. The highest BCUT2D eigenvalue weighted by Gasteiger charge is 2.06. The van der Waals surface area contributed by atoms with Crippen LogP contribution in [0.2, 0.25) is 0 Å². The maximum atomic E-state index is 10.4.